The summed E-state index contributed by atoms with van der Waals surface area (Å²) >= 11 is 0. The molecule has 1 aromatic carbocycles. The standard InChI is InChI=1S/C23H32N4O3/c1-18(30-17-21-9-5-6-14-29-21)23(28)25-22-10-12-24-27(22)20-11-13-26(16-20)15-19-7-3-2-4-8-19/h2-4,7-8,10,12,18,20-21H,5-6,9,11,13-17H2,1H3,(H,25,28). The SMILES string of the molecule is CC(OCC1CCCCO1)C(=O)Nc1ccnn1C1CCN(Cc2ccccc2)C1. The summed E-state index contributed by atoms with van der Waals surface area (Å²) in [6, 6.07) is 12.6. The van der Waals surface area contributed by atoms with Crippen LogP contribution in [-0.2, 0) is 20.8 Å². The summed E-state index contributed by atoms with van der Waals surface area (Å²) in [6.07, 6.45) is 5.61. The van der Waals surface area contributed by atoms with Crippen LogP contribution in [0, 0.1) is 0 Å². The number of nitrogens with zero attached hydrogens (tertiary/aromatic N) is 3. The highest BCUT2D eigenvalue weighted by molar-refractivity contribution is 5.93. The minimum atomic E-state index is -0.531. The summed E-state index contributed by atoms with van der Waals surface area (Å²) in [5.74, 6) is 0.586. The predicted molar refractivity (Wildman–Crippen MR) is 115 cm³/mol. The molecule has 4 rings (SSSR count). The second-order valence-corrected chi connectivity index (χ2v) is 8.28. The number of rotatable bonds is 8. The number of likely N-dealkylation sites (tertiary alicyclic amines) is 1. The molecule has 7 nitrogen and oxygen atoms in total. The van der Waals surface area contributed by atoms with Crippen molar-refractivity contribution in [3.63, 3.8) is 0 Å². The molecule has 2 fully saturated rings. The lowest BCUT2D eigenvalue weighted by molar-refractivity contribution is -0.130. The van der Waals surface area contributed by atoms with Crippen molar-refractivity contribution >= 4 is 11.7 Å². The van der Waals surface area contributed by atoms with Gasteiger partial charge in [-0.1, -0.05) is 30.3 Å². The molecule has 1 N–H and O–H groups in total. The summed E-state index contributed by atoms with van der Waals surface area (Å²) < 4.78 is 13.4. The molecular weight excluding hydrogens is 380 g/mol. The highest BCUT2D eigenvalue weighted by atomic mass is 16.5. The van der Waals surface area contributed by atoms with Crippen LogP contribution in [0.4, 0.5) is 5.82 Å². The van der Waals surface area contributed by atoms with Gasteiger partial charge < -0.3 is 14.8 Å². The van der Waals surface area contributed by atoms with Crippen LogP contribution in [0.25, 0.3) is 0 Å². The molecule has 1 amide bonds. The number of carbonyl (C=O) groups is 1. The molecule has 0 radical (unpaired) electrons. The molecule has 2 saturated heterocycles. The molecule has 2 aromatic rings. The Morgan fingerprint density at radius 3 is 2.93 bits per heavy atom. The molecule has 2 aliphatic rings. The third-order valence-corrected chi connectivity index (χ3v) is 5.94. The van der Waals surface area contributed by atoms with Crippen molar-refractivity contribution in [1.82, 2.24) is 14.7 Å². The van der Waals surface area contributed by atoms with E-state index in [0.29, 0.717) is 6.61 Å². The summed E-state index contributed by atoms with van der Waals surface area (Å²) in [6.45, 7) is 5.92. The molecule has 0 spiro atoms. The van der Waals surface area contributed by atoms with Crippen LogP contribution in [0.2, 0.25) is 0 Å². The zero-order valence-electron chi connectivity index (χ0n) is 17.7. The number of ether oxygens (including phenoxy) is 2. The molecule has 1 aromatic heterocycles. The quantitative estimate of drug-likeness (QED) is 0.721. The van der Waals surface area contributed by atoms with Gasteiger partial charge in [0, 0.05) is 32.3 Å². The van der Waals surface area contributed by atoms with Crippen molar-refractivity contribution in [1.29, 1.82) is 0 Å². The van der Waals surface area contributed by atoms with E-state index in [1.807, 2.05) is 16.8 Å². The minimum Gasteiger partial charge on any atom is -0.376 e. The fraction of sp³-hybridized carbons (Fsp3) is 0.565. The van der Waals surface area contributed by atoms with Crippen LogP contribution in [0.3, 0.4) is 0 Å². The lowest BCUT2D eigenvalue weighted by Crippen LogP contribution is -2.33. The fourth-order valence-electron chi connectivity index (χ4n) is 4.20. The summed E-state index contributed by atoms with van der Waals surface area (Å²) in [5.41, 5.74) is 1.32. The second-order valence-electron chi connectivity index (χ2n) is 8.28. The first-order valence-electron chi connectivity index (χ1n) is 11.0. The third-order valence-electron chi connectivity index (χ3n) is 5.94. The predicted octanol–water partition coefficient (Wildman–Crippen LogP) is 3.24. The molecule has 3 heterocycles. The Hall–Kier alpha value is -2.22. The Kier molecular flexibility index (Phi) is 7.15. The van der Waals surface area contributed by atoms with Crippen LogP contribution < -0.4 is 5.32 Å². The van der Waals surface area contributed by atoms with Crippen molar-refractivity contribution in [2.24, 2.45) is 0 Å². The van der Waals surface area contributed by atoms with Crippen LogP contribution in [0.1, 0.15) is 44.2 Å². The van der Waals surface area contributed by atoms with E-state index in [0.717, 1.165) is 57.7 Å². The Morgan fingerprint density at radius 1 is 1.27 bits per heavy atom. The van der Waals surface area contributed by atoms with E-state index in [1.165, 1.54) is 5.56 Å². The number of hydrogen-bond donors (Lipinski definition) is 1. The van der Waals surface area contributed by atoms with Gasteiger partial charge >= 0.3 is 0 Å². The van der Waals surface area contributed by atoms with E-state index >= 15 is 0 Å². The average molecular weight is 413 g/mol. The van der Waals surface area contributed by atoms with E-state index in [1.54, 1.807) is 13.1 Å². The number of aromatic nitrogens is 2. The molecule has 3 atom stereocenters. The Labute approximate surface area is 178 Å². The zero-order chi connectivity index (χ0) is 20.8. The number of carbonyl (C=O) groups excluding carboxylic acids is 1. The molecule has 2 aliphatic heterocycles. The fourth-order valence-corrected chi connectivity index (χ4v) is 4.20. The lowest BCUT2D eigenvalue weighted by Gasteiger charge is -2.24. The Morgan fingerprint density at radius 2 is 2.13 bits per heavy atom. The molecular formula is C23H32N4O3. The van der Waals surface area contributed by atoms with E-state index in [9.17, 15) is 4.79 Å². The highest BCUT2D eigenvalue weighted by Crippen LogP contribution is 2.26. The van der Waals surface area contributed by atoms with Crippen LogP contribution >= 0.6 is 0 Å². The van der Waals surface area contributed by atoms with E-state index in [2.05, 4.69) is 39.6 Å². The van der Waals surface area contributed by atoms with Gasteiger partial charge in [0.2, 0.25) is 0 Å². The molecule has 0 aliphatic carbocycles. The summed E-state index contributed by atoms with van der Waals surface area (Å²) in [5, 5.41) is 7.48. The first kappa shape index (κ1) is 21.0. The maximum Gasteiger partial charge on any atom is 0.254 e. The highest BCUT2D eigenvalue weighted by Gasteiger charge is 2.27. The molecule has 3 unspecified atom stereocenters. The number of nitrogens with one attached hydrogen (secondary N) is 1. The van der Waals surface area contributed by atoms with Gasteiger partial charge in [0.05, 0.1) is 24.9 Å². The van der Waals surface area contributed by atoms with Gasteiger partial charge in [-0.25, -0.2) is 4.68 Å². The van der Waals surface area contributed by atoms with Crippen molar-refractivity contribution in [2.45, 2.75) is 57.4 Å². The first-order valence-corrected chi connectivity index (χ1v) is 11.0. The Balaban J connectivity index is 1.28. The zero-order valence-corrected chi connectivity index (χ0v) is 17.7. The van der Waals surface area contributed by atoms with Crippen LogP contribution in [-0.4, -0.2) is 59.1 Å². The largest absolute Gasteiger partial charge is 0.376 e. The van der Waals surface area contributed by atoms with E-state index in [4.69, 9.17) is 9.47 Å². The number of benzene rings is 1. The van der Waals surface area contributed by atoms with Crippen molar-refractivity contribution < 1.29 is 14.3 Å². The first-order chi connectivity index (χ1) is 14.7. The molecule has 162 valence electrons. The molecule has 0 saturated carbocycles. The van der Waals surface area contributed by atoms with Gasteiger partial charge in [0.15, 0.2) is 0 Å². The molecule has 30 heavy (non-hydrogen) atoms. The van der Waals surface area contributed by atoms with Crippen molar-refractivity contribution in [3.8, 4) is 0 Å². The topological polar surface area (TPSA) is 68.6 Å². The number of anilines is 1. The van der Waals surface area contributed by atoms with Crippen molar-refractivity contribution in [3.05, 3.63) is 48.2 Å². The smallest absolute Gasteiger partial charge is 0.254 e. The summed E-state index contributed by atoms with van der Waals surface area (Å²) in [4.78, 5) is 15.1. The van der Waals surface area contributed by atoms with Crippen LogP contribution in [0.5, 0.6) is 0 Å². The van der Waals surface area contributed by atoms with Gasteiger partial charge in [0.25, 0.3) is 5.91 Å². The number of hydrogen-bond acceptors (Lipinski definition) is 5. The normalized spacial score (nSPS) is 23.4. The minimum absolute atomic E-state index is 0.105. The molecule has 7 heteroatoms. The summed E-state index contributed by atoms with van der Waals surface area (Å²) in [7, 11) is 0. The monoisotopic (exact) mass is 412 g/mol. The molecule has 0 bridgehead atoms. The third kappa shape index (κ3) is 5.47. The van der Waals surface area contributed by atoms with E-state index in [-0.39, 0.29) is 18.1 Å². The number of amides is 1. The lowest BCUT2D eigenvalue weighted by atomic mass is 10.1. The van der Waals surface area contributed by atoms with Gasteiger partial charge in [-0.05, 0) is 38.2 Å². The van der Waals surface area contributed by atoms with Gasteiger partial charge in [-0.3, -0.25) is 9.69 Å². The maximum absolute atomic E-state index is 12.6. The van der Waals surface area contributed by atoms with Crippen LogP contribution in [0.15, 0.2) is 42.6 Å². The van der Waals surface area contributed by atoms with Gasteiger partial charge in [0.1, 0.15) is 11.9 Å². The maximum atomic E-state index is 12.6. The average Bonchev–Trinajstić information content (AvgIpc) is 3.42. The van der Waals surface area contributed by atoms with Gasteiger partial charge in [-0.2, -0.15) is 5.10 Å². The second kappa shape index (κ2) is 10.2. The Bertz CT molecular complexity index is 804. The van der Waals surface area contributed by atoms with E-state index < -0.39 is 6.10 Å². The van der Waals surface area contributed by atoms with Crippen molar-refractivity contribution in [2.75, 3.05) is 31.6 Å². The van der Waals surface area contributed by atoms with Gasteiger partial charge in [-0.15, -0.1) is 0 Å².